The molecule has 2 aromatic heterocycles. The van der Waals surface area contributed by atoms with Gasteiger partial charge in [0.15, 0.2) is 6.10 Å². The number of aryl methyl sites for hydroxylation is 1. The number of oxime groups is 1. The van der Waals surface area contributed by atoms with Gasteiger partial charge in [-0.25, -0.2) is 14.4 Å². The molecule has 180 valence electrons. The van der Waals surface area contributed by atoms with Crippen LogP contribution < -0.4 is 16.2 Å². The number of carbonyl (C=O) groups excluding carboxylic acids is 2. The van der Waals surface area contributed by atoms with Crippen LogP contribution >= 0.6 is 0 Å². The van der Waals surface area contributed by atoms with Crippen molar-refractivity contribution in [1.82, 2.24) is 25.2 Å². The lowest BCUT2D eigenvalue weighted by Gasteiger charge is -2.11. The first-order valence-corrected chi connectivity index (χ1v) is 10.8. The average Bonchev–Trinajstić information content (AvgIpc) is 3.35. The fraction of sp³-hybridized carbons (Fsp3) is 0.250. The monoisotopic (exact) mass is 478 g/mol. The van der Waals surface area contributed by atoms with Crippen molar-refractivity contribution in [2.24, 2.45) is 5.16 Å². The molecular weight excluding hydrogens is 455 g/mol. The van der Waals surface area contributed by atoms with Gasteiger partial charge in [-0.15, -0.1) is 0 Å². The van der Waals surface area contributed by atoms with Crippen LogP contribution in [0, 0.1) is 12.7 Å². The number of carbonyl (C=O) groups is 2. The highest BCUT2D eigenvalue weighted by molar-refractivity contribution is 6.02. The zero-order chi connectivity index (χ0) is 24.9. The lowest BCUT2D eigenvalue weighted by Crippen LogP contribution is -2.30. The summed E-state index contributed by atoms with van der Waals surface area (Å²) in [5.41, 5.74) is 2.26. The molecule has 11 heteroatoms. The van der Waals surface area contributed by atoms with E-state index in [9.17, 15) is 18.8 Å². The van der Waals surface area contributed by atoms with Gasteiger partial charge >= 0.3 is 0 Å². The third-order valence-electron chi connectivity index (χ3n) is 5.37. The van der Waals surface area contributed by atoms with Crippen LogP contribution in [0.3, 0.4) is 0 Å². The highest BCUT2D eigenvalue weighted by atomic mass is 19.1. The van der Waals surface area contributed by atoms with Gasteiger partial charge in [0.25, 0.3) is 11.5 Å². The van der Waals surface area contributed by atoms with Gasteiger partial charge in [0, 0.05) is 37.8 Å². The van der Waals surface area contributed by atoms with Gasteiger partial charge in [-0.2, -0.15) is 0 Å². The standard InChI is InChI=1S/C24H23FN6O4/c1-14-28-18(9-20(29-14)24(34)27-11-15-3-6-17(25)7-4-15)19-10-21(35-30-19)16-5-8-23(33)31(12-16)13-22(32)26-2/h3-9,12,21H,10-11,13H2,1-2H3,(H,26,32)(H,27,34). The number of nitrogens with one attached hydrogen (secondary N) is 2. The predicted octanol–water partition coefficient (Wildman–Crippen LogP) is 1.63. The van der Waals surface area contributed by atoms with Gasteiger partial charge in [-0.1, -0.05) is 17.3 Å². The summed E-state index contributed by atoms with van der Waals surface area (Å²) in [5.74, 6) is -0.660. The third kappa shape index (κ3) is 5.75. The number of halogens is 1. The maximum Gasteiger partial charge on any atom is 0.270 e. The first kappa shape index (κ1) is 23.7. The summed E-state index contributed by atoms with van der Waals surface area (Å²) in [5, 5.41) is 9.37. The van der Waals surface area contributed by atoms with Gasteiger partial charge < -0.3 is 20.0 Å². The number of pyridine rings is 1. The quantitative estimate of drug-likeness (QED) is 0.531. The van der Waals surface area contributed by atoms with E-state index in [1.807, 2.05) is 0 Å². The Labute approximate surface area is 199 Å². The summed E-state index contributed by atoms with van der Waals surface area (Å²) in [6.07, 6.45) is 1.44. The fourth-order valence-corrected chi connectivity index (χ4v) is 3.51. The molecule has 2 N–H and O–H groups in total. The van der Waals surface area contributed by atoms with Gasteiger partial charge in [0.2, 0.25) is 5.91 Å². The molecule has 10 nitrogen and oxygen atoms in total. The fourth-order valence-electron chi connectivity index (χ4n) is 3.51. The zero-order valence-electron chi connectivity index (χ0n) is 19.1. The minimum Gasteiger partial charge on any atom is -0.387 e. The maximum absolute atomic E-state index is 13.1. The highest BCUT2D eigenvalue weighted by Crippen LogP contribution is 2.28. The Morgan fingerprint density at radius 2 is 1.94 bits per heavy atom. The van der Waals surface area contributed by atoms with Crippen LogP contribution in [-0.2, 0) is 22.7 Å². The van der Waals surface area contributed by atoms with E-state index < -0.39 is 12.0 Å². The van der Waals surface area contributed by atoms with Crippen molar-refractivity contribution >= 4 is 17.5 Å². The molecule has 2 amide bonds. The van der Waals surface area contributed by atoms with E-state index in [1.54, 1.807) is 31.3 Å². The van der Waals surface area contributed by atoms with E-state index in [4.69, 9.17) is 4.84 Å². The maximum atomic E-state index is 13.1. The van der Waals surface area contributed by atoms with Gasteiger partial charge in [-0.05, 0) is 36.8 Å². The number of aromatic nitrogens is 3. The average molecular weight is 478 g/mol. The summed E-state index contributed by atoms with van der Waals surface area (Å²) in [4.78, 5) is 50.6. The zero-order valence-corrected chi connectivity index (χ0v) is 19.1. The van der Waals surface area contributed by atoms with Crippen molar-refractivity contribution in [1.29, 1.82) is 0 Å². The smallest absolute Gasteiger partial charge is 0.270 e. The summed E-state index contributed by atoms with van der Waals surface area (Å²) >= 11 is 0. The second-order valence-corrected chi connectivity index (χ2v) is 7.93. The van der Waals surface area contributed by atoms with E-state index >= 15 is 0 Å². The molecule has 1 aliphatic rings. The SMILES string of the molecule is CNC(=O)Cn1cc(C2CC(c3cc(C(=O)NCc4ccc(F)cc4)nc(C)n3)=NO2)ccc1=O. The van der Waals surface area contributed by atoms with Crippen molar-refractivity contribution in [2.75, 3.05) is 7.05 Å². The van der Waals surface area contributed by atoms with E-state index in [0.717, 1.165) is 5.56 Å². The molecule has 0 bridgehead atoms. The van der Waals surface area contributed by atoms with Crippen molar-refractivity contribution in [3.05, 3.63) is 93.2 Å². The molecule has 0 radical (unpaired) electrons. The van der Waals surface area contributed by atoms with Crippen LogP contribution in [-0.4, -0.2) is 39.1 Å². The summed E-state index contributed by atoms with van der Waals surface area (Å²) in [6.45, 7) is 1.78. The molecular formula is C24H23FN6O4. The highest BCUT2D eigenvalue weighted by Gasteiger charge is 2.26. The van der Waals surface area contributed by atoms with E-state index in [1.165, 1.54) is 35.9 Å². The first-order chi connectivity index (χ1) is 16.8. The molecule has 3 aromatic rings. The minimum absolute atomic E-state index is 0.106. The Kier molecular flexibility index (Phi) is 6.95. The van der Waals surface area contributed by atoms with Crippen LogP contribution in [0.1, 0.15) is 45.7 Å². The molecule has 0 saturated carbocycles. The molecule has 35 heavy (non-hydrogen) atoms. The van der Waals surface area contributed by atoms with Gasteiger partial charge in [0.1, 0.15) is 29.6 Å². The lowest BCUT2D eigenvalue weighted by atomic mass is 10.0. The van der Waals surface area contributed by atoms with E-state index in [-0.39, 0.29) is 36.1 Å². The molecule has 1 atom stereocenters. The Morgan fingerprint density at radius 1 is 1.17 bits per heavy atom. The van der Waals surface area contributed by atoms with Crippen LogP contribution in [0.15, 0.2) is 58.6 Å². The van der Waals surface area contributed by atoms with Crippen molar-refractivity contribution in [3.8, 4) is 0 Å². The van der Waals surface area contributed by atoms with Gasteiger partial charge in [0.05, 0.1) is 5.69 Å². The topological polar surface area (TPSA) is 128 Å². The number of likely N-dealkylation sites (N-methyl/N-ethyl adjacent to an activating group) is 1. The molecule has 1 aromatic carbocycles. The van der Waals surface area contributed by atoms with Crippen LogP contribution in [0.4, 0.5) is 4.39 Å². The summed E-state index contributed by atoms with van der Waals surface area (Å²) < 4.78 is 14.4. The number of nitrogens with zero attached hydrogens (tertiary/aromatic N) is 4. The largest absolute Gasteiger partial charge is 0.387 e. The minimum atomic E-state index is -0.479. The normalized spacial score (nSPS) is 14.7. The molecule has 4 rings (SSSR count). The molecule has 0 spiro atoms. The van der Waals surface area contributed by atoms with Crippen molar-refractivity contribution < 1.29 is 18.8 Å². The lowest BCUT2D eigenvalue weighted by molar-refractivity contribution is -0.121. The molecule has 0 fully saturated rings. The Balaban J connectivity index is 1.46. The van der Waals surface area contributed by atoms with Crippen LogP contribution in [0.25, 0.3) is 0 Å². The summed E-state index contributed by atoms with van der Waals surface area (Å²) in [7, 11) is 1.50. The molecule has 0 saturated heterocycles. The number of hydrogen-bond acceptors (Lipinski definition) is 7. The van der Waals surface area contributed by atoms with E-state index in [0.29, 0.717) is 29.2 Å². The van der Waals surface area contributed by atoms with Crippen molar-refractivity contribution in [3.63, 3.8) is 0 Å². The second kappa shape index (κ2) is 10.2. The number of hydrogen-bond donors (Lipinski definition) is 2. The van der Waals surface area contributed by atoms with Crippen molar-refractivity contribution in [2.45, 2.75) is 32.5 Å². The summed E-state index contributed by atoms with van der Waals surface area (Å²) in [6, 6.07) is 10.4. The molecule has 1 aliphatic heterocycles. The number of amides is 2. The Morgan fingerprint density at radius 3 is 2.69 bits per heavy atom. The van der Waals surface area contributed by atoms with E-state index in [2.05, 4.69) is 25.8 Å². The number of benzene rings is 1. The molecule has 3 heterocycles. The first-order valence-electron chi connectivity index (χ1n) is 10.8. The van der Waals surface area contributed by atoms with Crippen LogP contribution in [0.5, 0.6) is 0 Å². The van der Waals surface area contributed by atoms with Crippen LogP contribution in [0.2, 0.25) is 0 Å². The molecule has 1 unspecified atom stereocenters. The Bertz CT molecular complexity index is 1350. The van der Waals surface area contributed by atoms with Gasteiger partial charge in [-0.3, -0.25) is 14.4 Å². The Hall–Kier alpha value is -4.41. The number of rotatable bonds is 7. The molecule has 0 aliphatic carbocycles. The predicted molar refractivity (Wildman–Crippen MR) is 124 cm³/mol. The second-order valence-electron chi connectivity index (χ2n) is 7.93. The third-order valence-corrected chi connectivity index (χ3v) is 5.37.